The van der Waals surface area contributed by atoms with Gasteiger partial charge in [0.05, 0.1) is 4.88 Å². The van der Waals surface area contributed by atoms with Crippen LogP contribution < -0.4 is 10.6 Å². The smallest absolute Gasteiger partial charge is 0.262 e. The number of likely N-dealkylation sites (N-methyl/N-ethyl adjacent to an activating group) is 1. The van der Waals surface area contributed by atoms with Crippen LogP contribution in [0.1, 0.15) is 47.0 Å². The number of thiophene rings is 1. The Bertz CT molecular complexity index is 620. The van der Waals surface area contributed by atoms with Gasteiger partial charge in [-0.05, 0) is 29.3 Å². The maximum Gasteiger partial charge on any atom is 0.262 e. The zero-order chi connectivity index (χ0) is 17.9. The lowest BCUT2D eigenvalue weighted by Gasteiger charge is -2.16. The van der Waals surface area contributed by atoms with Gasteiger partial charge in [-0.1, -0.05) is 38.2 Å². The van der Waals surface area contributed by atoms with Gasteiger partial charge >= 0.3 is 0 Å². The number of carbonyl (C=O) groups is 3. The molecule has 24 heavy (non-hydrogen) atoms. The Morgan fingerprint density at radius 2 is 2.17 bits per heavy atom. The largest absolute Gasteiger partial charge is 0.357 e. The van der Waals surface area contributed by atoms with Crippen LogP contribution in [-0.4, -0.2) is 31.2 Å². The van der Waals surface area contributed by atoms with E-state index in [2.05, 4.69) is 24.1 Å². The molecule has 0 spiro atoms. The van der Waals surface area contributed by atoms with E-state index >= 15 is 0 Å². The lowest BCUT2D eigenvalue weighted by atomic mass is 10.0. The first-order chi connectivity index (χ1) is 11.6. The van der Waals surface area contributed by atoms with E-state index in [-0.39, 0.29) is 24.7 Å². The van der Waals surface area contributed by atoms with Gasteiger partial charge in [-0.15, -0.1) is 11.3 Å². The molecule has 1 atom stereocenters. The molecular weight excluding hydrogens is 324 g/mol. The van der Waals surface area contributed by atoms with Crippen molar-refractivity contribution in [3.05, 3.63) is 40.1 Å². The fourth-order valence-electron chi connectivity index (χ4n) is 2.31. The molecular formula is C18H24N2O3S. The van der Waals surface area contributed by atoms with Gasteiger partial charge in [-0.25, -0.2) is 0 Å². The summed E-state index contributed by atoms with van der Waals surface area (Å²) < 4.78 is 0. The molecule has 1 unspecified atom stereocenters. The average molecular weight is 348 g/mol. The summed E-state index contributed by atoms with van der Waals surface area (Å²) in [5, 5.41) is 7.19. The molecule has 130 valence electrons. The molecule has 0 radical (unpaired) electrons. The van der Waals surface area contributed by atoms with Gasteiger partial charge in [0.15, 0.2) is 0 Å². The van der Waals surface area contributed by atoms with Crippen molar-refractivity contribution in [2.75, 3.05) is 7.05 Å². The Labute approximate surface area is 146 Å². The van der Waals surface area contributed by atoms with Crippen LogP contribution in [0.4, 0.5) is 0 Å². The van der Waals surface area contributed by atoms with Crippen LogP contribution in [0.2, 0.25) is 0 Å². The van der Waals surface area contributed by atoms with E-state index in [1.54, 1.807) is 6.08 Å². The molecule has 5 nitrogen and oxygen atoms in total. The van der Waals surface area contributed by atoms with Crippen molar-refractivity contribution in [1.29, 1.82) is 0 Å². The van der Waals surface area contributed by atoms with Crippen molar-refractivity contribution in [2.45, 2.75) is 38.6 Å². The molecule has 0 aromatic carbocycles. The van der Waals surface area contributed by atoms with E-state index in [4.69, 9.17) is 0 Å². The molecule has 2 N–H and O–H groups in total. The third kappa shape index (κ3) is 5.45. The maximum absolute atomic E-state index is 12.6. The van der Waals surface area contributed by atoms with Crippen molar-refractivity contribution in [3.63, 3.8) is 0 Å². The van der Waals surface area contributed by atoms with Crippen LogP contribution in [0.15, 0.2) is 24.1 Å². The minimum atomic E-state index is -0.712. The van der Waals surface area contributed by atoms with Gasteiger partial charge in [0.25, 0.3) is 5.91 Å². The number of carbonyl (C=O) groups excluding carboxylic acids is 3. The van der Waals surface area contributed by atoms with Crippen molar-refractivity contribution in [3.8, 4) is 0 Å². The standard InChI is InChI=1S/C18H24N2O3S/c1-4-6-9-13-12-24-16(14(13)8-5-2)18(23)20-15(10-7-11-21)17(22)19-3/h4,6,9,11-12,15H,1,5,7-8,10H2,2-3H3,(H,19,22)(H,20,23)/b9-6-. The van der Waals surface area contributed by atoms with E-state index < -0.39 is 6.04 Å². The number of hydrogen-bond donors (Lipinski definition) is 2. The van der Waals surface area contributed by atoms with E-state index in [1.165, 1.54) is 18.4 Å². The first-order valence-corrected chi connectivity index (χ1v) is 8.82. The molecule has 0 aliphatic heterocycles. The van der Waals surface area contributed by atoms with E-state index in [0.29, 0.717) is 4.88 Å². The highest BCUT2D eigenvalue weighted by molar-refractivity contribution is 7.12. The Morgan fingerprint density at radius 3 is 2.75 bits per heavy atom. The lowest BCUT2D eigenvalue weighted by Crippen LogP contribution is -2.45. The molecule has 1 rings (SSSR count). The summed E-state index contributed by atoms with van der Waals surface area (Å²) in [6.07, 6.45) is 8.39. The lowest BCUT2D eigenvalue weighted by molar-refractivity contribution is -0.122. The molecule has 0 bridgehead atoms. The van der Waals surface area contributed by atoms with Gasteiger partial charge in [-0.3, -0.25) is 9.59 Å². The first kappa shape index (κ1) is 19.8. The molecule has 0 aliphatic rings. The maximum atomic E-state index is 12.6. The van der Waals surface area contributed by atoms with Crippen molar-refractivity contribution >= 4 is 35.5 Å². The second-order valence-corrected chi connectivity index (χ2v) is 6.11. The fraction of sp³-hybridized carbons (Fsp3) is 0.389. The Morgan fingerprint density at radius 1 is 1.42 bits per heavy atom. The van der Waals surface area contributed by atoms with Crippen molar-refractivity contribution in [1.82, 2.24) is 10.6 Å². The highest BCUT2D eigenvalue weighted by Gasteiger charge is 2.23. The molecule has 0 saturated carbocycles. The molecule has 1 aromatic rings. The number of rotatable bonds is 10. The number of hydrogen-bond acceptors (Lipinski definition) is 4. The number of allylic oxidation sites excluding steroid dienone is 2. The molecule has 1 heterocycles. The summed E-state index contributed by atoms with van der Waals surface area (Å²) in [5.74, 6) is -0.577. The minimum Gasteiger partial charge on any atom is -0.357 e. The average Bonchev–Trinajstić information content (AvgIpc) is 2.99. The van der Waals surface area contributed by atoms with E-state index in [0.717, 1.165) is 30.3 Å². The fourth-order valence-corrected chi connectivity index (χ4v) is 3.30. The summed E-state index contributed by atoms with van der Waals surface area (Å²) in [6.45, 7) is 5.71. The molecule has 0 fully saturated rings. The minimum absolute atomic E-state index is 0.220. The highest BCUT2D eigenvalue weighted by atomic mass is 32.1. The molecule has 2 amide bonds. The molecule has 0 aliphatic carbocycles. The second kappa shape index (κ2) is 10.5. The summed E-state index contributed by atoms with van der Waals surface area (Å²) in [5.41, 5.74) is 1.97. The van der Waals surface area contributed by atoms with Crippen molar-refractivity contribution in [2.24, 2.45) is 0 Å². The normalized spacial score (nSPS) is 11.9. The summed E-state index contributed by atoms with van der Waals surface area (Å²) in [4.78, 5) is 35.7. The van der Waals surface area contributed by atoms with Crippen LogP contribution in [0, 0.1) is 0 Å². The van der Waals surface area contributed by atoms with Crippen LogP contribution in [0.5, 0.6) is 0 Å². The topological polar surface area (TPSA) is 75.3 Å². The first-order valence-electron chi connectivity index (χ1n) is 7.94. The van der Waals surface area contributed by atoms with Crippen LogP contribution in [0.3, 0.4) is 0 Å². The van der Waals surface area contributed by atoms with E-state index in [9.17, 15) is 14.4 Å². The third-order valence-corrected chi connectivity index (χ3v) is 4.53. The SMILES string of the molecule is C=C/C=C\c1csc(C(=O)NC(CCC=O)C(=O)NC)c1CCC. The second-order valence-electron chi connectivity index (χ2n) is 5.23. The molecule has 1 aromatic heterocycles. The Hall–Kier alpha value is -2.21. The van der Waals surface area contributed by atoms with Crippen LogP contribution >= 0.6 is 11.3 Å². The third-order valence-electron chi connectivity index (χ3n) is 3.49. The molecule has 6 heteroatoms. The van der Waals surface area contributed by atoms with Gasteiger partial charge in [0.2, 0.25) is 5.91 Å². The van der Waals surface area contributed by atoms with Gasteiger partial charge < -0.3 is 15.4 Å². The molecule has 0 saturated heterocycles. The summed E-state index contributed by atoms with van der Waals surface area (Å²) in [7, 11) is 1.51. The Balaban J connectivity index is 3.01. The van der Waals surface area contributed by atoms with Gasteiger partial charge in [0.1, 0.15) is 12.3 Å². The summed E-state index contributed by atoms with van der Waals surface area (Å²) in [6, 6.07) is -0.712. The zero-order valence-corrected chi connectivity index (χ0v) is 14.9. The van der Waals surface area contributed by atoms with Crippen LogP contribution in [-0.2, 0) is 16.0 Å². The zero-order valence-electron chi connectivity index (χ0n) is 14.1. The van der Waals surface area contributed by atoms with Gasteiger partial charge in [0, 0.05) is 13.5 Å². The monoisotopic (exact) mass is 348 g/mol. The van der Waals surface area contributed by atoms with Gasteiger partial charge in [-0.2, -0.15) is 0 Å². The van der Waals surface area contributed by atoms with E-state index in [1.807, 2.05) is 17.5 Å². The quantitative estimate of drug-likeness (QED) is 0.504. The highest BCUT2D eigenvalue weighted by Crippen LogP contribution is 2.26. The Kier molecular flexibility index (Phi) is 8.71. The summed E-state index contributed by atoms with van der Waals surface area (Å²) >= 11 is 1.36. The van der Waals surface area contributed by atoms with Crippen molar-refractivity contribution < 1.29 is 14.4 Å². The number of nitrogens with one attached hydrogen (secondary N) is 2. The number of aldehydes is 1. The predicted octanol–water partition coefficient (Wildman–Crippen LogP) is 2.72. The van der Waals surface area contributed by atoms with Crippen LogP contribution in [0.25, 0.3) is 6.08 Å². The predicted molar refractivity (Wildman–Crippen MR) is 98.2 cm³/mol. The number of amides is 2.